The van der Waals surface area contributed by atoms with Crippen LogP contribution in [0.25, 0.3) is 0 Å². The van der Waals surface area contributed by atoms with Crippen LogP contribution in [0.1, 0.15) is 59.3 Å². The van der Waals surface area contributed by atoms with Crippen molar-refractivity contribution < 1.29 is 34.1 Å². The Balaban J connectivity index is 1.88. The quantitative estimate of drug-likeness (QED) is 0.626. The van der Waals surface area contributed by atoms with Crippen LogP contribution in [0.2, 0.25) is 0 Å². The molecule has 0 bridgehead atoms. The molecule has 1 aliphatic carbocycles. The Hall–Kier alpha value is -1.67. The molecule has 2 N–H and O–H groups in total. The summed E-state index contributed by atoms with van der Waals surface area (Å²) < 4.78 is 11.0. The van der Waals surface area contributed by atoms with Crippen molar-refractivity contribution in [3.8, 4) is 0 Å². The zero-order valence-electron chi connectivity index (χ0n) is 18.9. The Labute approximate surface area is 183 Å². The van der Waals surface area contributed by atoms with Crippen molar-refractivity contribution in [1.29, 1.82) is 0 Å². The number of esters is 2. The normalized spacial score (nSPS) is 47.4. The minimum Gasteiger partial charge on any atom is -0.468 e. The number of ether oxygens (including phenoxy) is 2. The topological polar surface area (TPSA) is 113 Å². The highest BCUT2D eigenvalue weighted by molar-refractivity contribution is 5.83. The fourth-order valence-corrected chi connectivity index (χ4v) is 7.38. The molecule has 9 atom stereocenters. The number of amides is 1. The molecule has 4 fully saturated rings. The van der Waals surface area contributed by atoms with E-state index >= 15 is 0 Å². The Kier molecular flexibility index (Phi) is 5.61. The van der Waals surface area contributed by atoms with E-state index in [0.29, 0.717) is 38.6 Å². The molecule has 9 unspecified atom stereocenters. The number of piperidine rings is 1. The number of aliphatic hydroxyl groups is 2. The average molecular weight is 438 g/mol. The Morgan fingerprint density at radius 2 is 2.00 bits per heavy atom. The molecule has 0 aromatic heterocycles. The van der Waals surface area contributed by atoms with Crippen LogP contribution < -0.4 is 0 Å². The fraction of sp³-hybridized carbons (Fsp3) is 0.870. The predicted molar refractivity (Wildman–Crippen MR) is 109 cm³/mol. The van der Waals surface area contributed by atoms with E-state index in [2.05, 4.69) is 0 Å². The van der Waals surface area contributed by atoms with Gasteiger partial charge in [-0.3, -0.25) is 14.4 Å². The highest BCUT2D eigenvalue weighted by Crippen LogP contribution is 2.65. The van der Waals surface area contributed by atoms with Crippen molar-refractivity contribution in [2.75, 3.05) is 13.7 Å². The third-order valence-corrected chi connectivity index (χ3v) is 8.74. The van der Waals surface area contributed by atoms with Crippen LogP contribution in [0.3, 0.4) is 0 Å². The number of aliphatic hydroxyl groups excluding tert-OH is 1. The third-order valence-electron chi connectivity index (χ3n) is 8.74. The first-order chi connectivity index (χ1) is 14.6. The van der Waals surface area contributed by atoms with Crippen molar-refractivity contribution in [3.05, 3.63) is 0 Å². The summed E-state index contributed by atoms with van der Waals surface area (Å²) in [6.45, 7) is 5.97. The molecule has 8 heteroatoms. The van der Waals surface area contributed by atoms with Gasteiger partial charge in [0.2, 0.25) is 5.91 Å². The van der Waals surface area contributed by atoms with Crippen LogP contribution >= 0.6 is 0 Å². The van der Waals surface area contributed by atoms with Crippen molar-refractivity contribution in [2.45, 2.75) is 83.1 Å². The van der Waals surface area contributed by atoms with E-state index in [4.69, 9.17) is 9.47 Å². The molecule has 4 aliphatic rings. The van der Waals surface area contributed by atoms with Crippen LogP contribution in [0.4, 0.5) is 0 Å². The number of carbonyl (C=O) groups excluding carboxylic acids is 3. The summed E-state index contributed by atoms with van der Waals surface area (Å²) in [4.78, 5) is 40.6. The van der Waals surface area contributed by atoms with Crippen molar-refractivity contribution in [1.82, 2.24) is 4.90 Å². The Morgan fingerprint density at radius 3 is 2.65 bits per heavy atom. The van der Waals surface area contributed by atoms with E-state index in [1.165, 1.54) is 7.11 Å². The lowest BCUT2D eigenvalue weighted by Gasteiger charge is -2.49. The van der Waals surface area contributed by atoms with Gasteiger partial charge in [-0.2, -0.15) is 0 Å². The highest BCUT2D eigenvalue weighted by Gasteiger charge is 2.76. The van der Waals surface area contributed by atoms with Crippen molar-refractivity contribution in [3.63, 3.8) is 0 Å². The summed E-state index contributed by atoms with van der Waals surface area (Å²) in [6.07, 6.45) is 1.18. The molecule has 1 saturated carbocycles. The Bertz CT molecular complexity index is 771. The number of rotatable bonds is 2. The number of hydrogen-bond donors (Lipinski definition) is 2. The molecular weight excluding hydrogens is 402 g/mol. The molecule has 31 heavy (non-hydrogen) atoms. The third kappa shape index (κ3) is 2.90. The van der Waals surface area contributed by atoms with E-state index in [-0.39, 0.29) is 30.1 Å². The minimum atomic E-state index is -1.63. The summed E-state index contributed by atoms with van der Waals surface area (Å²) in [7, 11) is 1.33. The van der Waals surface area contributed by atoms with Crippen molar-refractivity contribution in [2.24, 2.45) is 29.1 Å². The van der Waals surface area contributed by atoms with E-state index in [0.717, 1.165) is 0 Å². The molecular formula is C23H35NO7. The highest BCUT2D eigenvalue weighted by atomic mass is 16.6. The maximum Gasteiger partial charge on any atom is 0.315 e. The summed E-state index contributed by atoms with van der Waals surface area (Å²) in [5.74, 6) is -2.74. The van der Waals surface area contributed by atoms with Gasteiger partial charge in [0.05, 0.1) is 30.8 Å². The second-order valence-corrected chi connectivity index (χ2v) is 10.1. The summed E-state index contributed by atoms with van der Waals surface area (Å²) in [5, 5.41) is 23.5. The lowest BCUT2D eigenvalue weighted by atomic mass is 9.60. The molecule has 3 aliphatic heterocycles. The molecule has 1 amide bonds. The van der Waals surface area contributed by atoms with E-state index in [1.807, 2.05) is 13.8 Å². The lowest BCUT2D eigenvalue weighted by Crippen LogP contribution is -2.62. The summed E-state index contributed by atoms with van der Waals surface area (Å²) >= 11 is 0. The van der Waals surface area contributed by atoms with Gasteiger partial charge in [0, 0.05) is 30.7 Å². The maximum absolute atomic E-state index is 13.4. The summed E-state index contributed by atoms with van der Waals surface area (Å²) in [5.41, 5.74) is -2.88. The zero-order chi connectivity index (χ0) is 22.7. The fourth-order valence-electron chi connectivity index (χ4n) is 7.38. The lowest BCUT2D eigenvalue weighted by molar-refractivity contribution is -0.191. The minimum absolute atomic E-state index is 0.0281. The predicted octanol–water partition coefficient (Wildman–Crippen LogP) is 1.27. The first kappa shape index (κ1) is 22.5. The van der Waals surface area contributed by atoms with Gasteiger partial charge >= 0.3 is 11.9 Å². The first-order valence-electron chi connectivity index (χ1n) is 11.6. The monoisotopic (exact) mass is 437 g/mol. The van der Waals surface area contributed by atoms with Gasteiger partial charge in [-0.15, -0.1) is 0 Å². The molecule has 174 valence electrons. The van der Waals surface area contributed by atoms with E-state index in [1.54, 1.807) is 11.8 Å². The van der Waals surface area contributed by atoms with Crippen LogP contribution in [-0.2, 0) is 23.9 Å². The number of carbonyl (C=O) groups is 3. The number of methoxy groups -OCH3 is 1. The second kappa shape index (κ2) is 7.73. The molecule has 4 rings (SSSR count). The van der Waals surface area contributed by atoms with Gasteiger partial charge in [-0.05, 0) is 25.7 Å². The molecule has 0 aromatic rings. The maximum atomic E-state index is 13.4. The molecule has 8 nitrogen and oxygen atoms in total. The largest absolute Gasteiger partial charge is 0.468 e. The first-order valence-corrected chi connectivity index (χ1v) is 11.6. The number of nitrogens with zero attached hydrogens (tertiary/aromatic N) is 1. The van der Waals surface area contributed by atoms with E-state index < -0.39 is 47.1 Å². The van der Waals surface area contributed by atoms with E-state index in [9.17, 15) is 24.6 Å². The van der Waals surface area contributed by atoms with Crippen LogP contribution in [0, 0.1) is 29.1 Å². The van der Waals surface area contributed by atoms with Gasteiger partial charge < -0.3 is 24.6 Å². The smallest absolute Gasteiger partial charge is 0.315 e. The summed E-state index contributed by atoms with van der Waals surface area (Å²) in [6, 6.07) is -0.616. The molecule has 3 saturated heterocycles. The zero-order valence-corrected chi connectivity index (χ0v) is 18.9. The SMILES string of the molecule is CCC1C2OC(=O)C(C)C2C2(O)CC3C(O)CC(C)C(=O)N3CCCCC12C(=O)OC. The average Bonchev–Trinajstić information content (AvgIpc) is 3.15. The van der Waals surface area contributed by atoms with Crippen LogP contribution in [0.15, 0.2) is 0 Å². The second-order valence-electron chi connectivity index (χ2n) is 10.1. The molecule has 0 aromatic carbocycles. The molecule has 0 spiro atoms. The molecule has 0 radical (unpaired) electrons. The van der Waals surface area contributed by atoms with Gasteiger partial charge in [-0.25, -0.2) is 0 Å². The van der Waals surface area contributed by atoms with Gasteiger partial charge in [0.15, 0.2) is 0 Å². The van der Waals surface area contributed by atoms with Gasteiger partial charge in [0.25, 0.3) is 0 Å². The van der Waals surface area contributed by atoms with Crippen LogP contribution in [0.5, 0.6) is 0 Å². The van der Waals surface area contributed by atoms with Crippen molar-refractivity contribution >= 4 is 17.8 Å². The van der Waals surface area contributed by atoms with Gasteiger partial charge in [-0.1, -0.05) is 27.2 Å². The number of hydrogen-bond acceptors (Lipinski definition) is 7. The molecule has 3 heterocycles. The number of fused-ring (bicyclic) bond motifs is 4. The van der Waals surface area contributed by atoms with Gasteiger partial charge in [0.1, 0.15) is 11.5 Å². The Morgan fingerprint density at radius 1 is 1.29 bits per heavy atom. The van der Waals surface area contributed by atoms with Crippen LogP contribution in [-0.4, -0.2) is 70.5 Å². The standard InChI is InChI=1S/C23H35NO7/c1-5-14-18-17(13(3)20(27)31-18)23(29)11-15-16(25)10-12(2)19(26)24(15)9-7-6-8-22(14,23)21(28)30-4/h12-18,25,29H,5-11H2,1-4H3.